The molecule has 1 unspecified atom stereocenters. The lowest BCUT2D eigenvalue weighted by molar-refractivity contribution is 0.342. The maximum atomic E-state index is 3.59. The monoisotopic (exact) mass is 261 g/mol. The Morgan fingerprint density at radius 1 is 1.05 bits per heavy atom. The molecule has 1 nitrogen and oxygen atoms in total. The third-order valence-electron chi connectivity index (χ3n) is 3.56. The molecule has 1 aromatic rings. The topological polar surface area (TPSA) is 12.0 Å². The molecule has 0 amide bonds. The number of hydrogen-bond donors (Lipinski definition) is 1. The van der Waals surface area contributed by atoms with E-state index in [1.165, 1.54) is 24.0 Å². The number of nitrogens with one attached hydrogen (secondary N) is 1. The Kier molecular flexibility index (Phi) is 6.06. The summed E-state index contributed by atoms with van der Waals surface area (Å²) in [5.41, 5.74) is 3.24. The van der Waals surface area contributed by atoms with Crippen LogP contribution in [0.25, 0.3) is 0 Å². The highest BCUT2D eigenvalue weighted by Crippen LogP contribution is 2.28. The van der Waals surface area contributed by atoms with Gasteiger partial charge in [-0.3, -0.25) is 0 Å². The minimum Gasteiger partial charge on any atom is -0.314 e. The molecule has 0 fully saturated rings. The van der Waals surface area contributed by atoms with Crippen LogP contribution in [-0.4, -0.2) is 12.6 Å². The van der Waals surface area contributed by atoms with Crippen LogP contribution in [0, 0.1) is 12.3 Å². The Hall–Kier alpha value is -0.820. The zero-order valence-corrected chi connectivity index (χ0v) is 13.6. The molecule has 0 saturated carbocycles. The summed E-state index contributed by atoms with van der Waals surface area (Å²) in [5.74, 6) is 0.627. The molecule has 1 N–H and O–H groups in total. The first-order valence-electron chi connectivity index (χ1n) is 7.58. The summed E-state index contributed by atoms with van der Waals surface area (Å²) < 4.78 is 0. The van der Waals surface area contributed by atoms with Gasteiger partial charge in [-0.05, 0) is 36.7 Å². The van der Waals surface area contributed by atoms with Crippen LogP contribution < -0.4 is 5.32 Å². The third-order valence-corrected chi connectivity index (χ3v) is 3.56. The molecule has 0 saturated heterocycles. The van der Waals surface area contributed by atoms with Crippen LogP contribution in [0.2, 0.25) is 0 Å². The molecule has 0 aliphatic carbocycles. The lowest BCUT2D eigenvalue weighted by Gasteiger charge is -2.25. The van der Waals surface area contributed by atoms with Gasteiger partial charge in [-0.25, -0.2) is 0 Å². The molecule has 0 radical (unpaired) electrons. The minimum atomic E-state index is 0.417. The van der Waals surface area contributed by atoms with Crippen LogP contribution in [-0.2, 0) is 0 Å². The second-order valence-electron chi connectivity index (χ2n) is 7.27. The first-order valence-corrected chi connectivity index (χ1v) is 7.58. The van der Waals surface area contributed by atoms with E-state index in [1.54, 1.807) is 0 Å². The lowest BCUT2D eigenvalue weighted by atomic mass is 9.84. The van der Waals surface area contributed by atoms with Gasteiger partial charge in [0, 0.05) is 12.6 Å². The van der Waals surface area contributed by atoms with Crippen molar-refractivity contribution in [2.45, 2.75) is 66.3 Å². The van der Waals surface area contributed by atoms with E-state index in [0.717, 1.165) is 6.54 Å². The summed E-state index contributed by atoms with van der Waals surface area (Å²) in [6, 6.07) is 9.61. The predicted octanol–water partition coefficient (Wildman–Crippen LogP) is 4.90. The van der Waals surface area contributed by atoms with Gasteiger partial charge in [0.25, 0.3) is 0 Å². The molecule has 1 aromatic carbocycles. The molecule has 0 aromatic heterocycles. The Labute approximate surface area is 119 Å². The summed E-state index contributed by atoms with van der Waals surface area (Å²) in [4.78, 5) is 0. The molecule has 1 atom stereocenters. The van der Waals surface area contributed by atoms with Gasteiger partial charge < -0.3 is 5.32 Å². The van der Waals surface area contributed by atoms with E-state index in [4.69, 9.17) is 0 Å². The molecule has 1 heteroatoms. The smallest absolute Gasteiger partial charge is 0.00225 e. The molecule has 0 aliphatic rings. The Morgan fingerprint density at radius 2 is 1.63 bits per heavy atom. The van der Waals surface area contributed by atoms with Gasteiger partial charge in [0.2, 0.25) is 0 Å². The zero-order chi connectivity index (χ0) is 14.5. The van der Waals surface area contributed by atoms with Gasteiger partial charge in [0.1, 0.15) is 0 Å². The van der Waals surface area contributed by atoms with Crippen molar-refractivity contribution >= 4 is 0 Å². The maximum Gasteiger partial charge on any atom is 0.00225 e. The van der Waals surface area contributed by atoms with Crippen molar-refractivity contribution in [3.63, 3.8) is 0 Å². The van der Waals surface area contributed by atoms with Crippen LogP contribution in [0.5, 0.6) is 0 Å². The lowest BCUT2D eigenvalue weighted by Crippen LogP contribution is -2.28. The number of rotatable bonds is 6. The van der Waals surface area contributed by atoms with Crippen molar-refractivity contribution in [2.75, 3.05) is 6.54 Å². The normalized spacial score (nSPS) is 13.8. The average molecular weight is 261 g/mol. The number of benzene rings is 1. The third kappa shape index (κ3) is 6.77. The average Bonchev–Trinajstić information content (AvgIpc) is 2.29. The minimum absolute atomic E-state index is 0.417. The zero-order valence-electron chi connectivity index (χ0n) is 13.6. The van der Waals surface area contributed by atoms with Crippen LogP contribution >= 0.6 is 0 Å². The van der Waals surface area contributed by atoms with E-state index in [2.05, 4.69) is 71.1 Å². The molecular formula is C18H31N. The fourth-order valence-corrected chi connectivity index (χ4v) is 2.21. The second-order valence-corrected chi connectivity index (χ2v) is 7.27. The van der Waals surface area contributed by atoms with Crippen molar-refractivity contribution in [3.8, 4) is 0 Å². The van der Waals surface area contributed by atoms with E-state index >= 15 is 0 Å². The van der Waals surface area contributed by atoms with Crippen LogP contribution in [0.15, 0.2) is 24.3 Å². The largest absolute Gasteiger partial charge is 0.314 e. The summed E-state index contributed by atoms with van der Waals surface area (Å²) >= 11 is 0. The van der Waals surface area contributed by atoms with Gasteiger partial charge >= 0.3 is 0 Å². The van der Waals surface area contributed by atoms with Crippen LogP contribution in [0.3, 0.4) is 0 Å². The van der Waals surface area contributed by atoms with Crippen molar-refractivity contribution in [2.24, 2.45) is 5.41 Å². The van der Waals surface area contributed by atoms with Crippen molar-refractivity contribution in [1.29, 1.82) is 0 Å². The Bertz CT molecular complexity index is 356. The van der Waals surface area contributed by atoms with Gasteiger partial charge in [0.05, 0.1) is 0 Å². The number of hydrogen-bond acceptors (Lipinski definition) is 1. The highest BCUT2D eigenvalue weighted by molar-refractivity contribution is 5.24. The van der Waals surface area contributed by atoms with Gasteiger partial charge in [0.15, 0.2) is 0 Å². The maximum absolute atomic E-state index is 3.59. The van der Waals surface area contributed by atoms with Gasteiger partial charge in [-0.2, -0.15) is 0 Å². The molecule has 0 spiro atoms. The second kappa shape index (κ2) is 7.09. The SMILES string of the molecule is Cc1ccc(C(CCC(C)(C)C)CNC(C)C)cc1. The standard InChI is InChI=1S/C18H31N/c1-14(2)19-13-17(11-12-18(4,5)6)16-9-7-15(3)8-10-16/h7-10,14,17,19H,11-13H2,1-6H3. The molecular weight excluding hydrogens is 230 g/mol. The van der Waals surface area contributed by atoms with E-state index in [1.807, 2.05) is 0 Å². The summed E-state index contributed by atoms with van der Waals surface area (Å²) in [6.07, 6.45) is 2.53. The van der Waals surface area contributed by atoms with Gasteiger partial charge in [-0.15, -0.1) is 0 Å². The molecule has 0 aliphatic heterocycles. The van der Waals surface area contributed by atoms with E-state index < -0.39 is 0 Å². The highest BCUT2D eigenvalue weighted by Gasteiger charge is 2.17. The molecule has 0 heterocycles. The fourth-order valence-electron chi connectivity index (χ4n) is 2.21. The first kappa shape index (κ1) is 16.2. The van der Waals surface area contributed by atoms with Crippen molar-refractivity contribution in [3.05, 3.63) is 35.4 Å². The molecule has 19 heavy (non-hydrogen) atoms. The van der Waals surface area contributed by atoms with Crippen LogP contribution in [0.4, 0.5) is 0 Å². The predicted molar refractivity (Wildman–Crippen MR) is 85.7 cm³/mol. The summed E-state index contributed by atoms with van der Waals surface area (Å²) in [6.45, 7) is 14.7. The molecule has 1 rings (SSSR count). The van der Waals surface area contributed by atoms with Gasteiger partial charge in [-0.1, -0.05) is 64.4 Å². The number of aryl methyl sites for hydroxylation is 1. The van der Waals surface area contributed by atoms with E-state index in [-0.39, 0.29) is 0 Å². The Balaban J connectivity index is 2.70. The quantitative estimate of drug-likeness (QED) is 0.767. The first-order chi connectivity index (χ1) is 8.78. The molecule has 0 bridgehead atoms. The van der Waals surface area contributed by atoms with Crippen molar-refractivity contribution in [1.82, 2.24) is 5.32 Å². The summed E-state index contributed by atoms with van der Waals surface area (Å²) in [5, 5.41) is 3.59. The Morgan fingerprint density at radius 3 is 2.11 bits per heavy atom. The van der Waals surface area contributed by atoms with E-state index in [9.17, 15) is 0 Å². The highest BCUT2D eigenvalue weighted by atomic mass is 14.9. The van der Waals surface area contributed by atoms with E-state index in [0.29, 0.717) is 17.4 Å². The molecule has 108 valence electrons. The summed E-state index contributed by atoms with van der Waals surface area (Å²) in [7, 11) is 0. The van der Waals surface area contributed by atoms with Crippen molar-refractivity contribution < 1.29 is 0 Å². The fraction of sp³-hybridized carbons (Fsp3) is 0.667. The van der Waals surface area contributed by atoms with Crippen LogP contribution in [0.1, 0.15) is 64.5 Å².